The van der Waals surface area contributed by atoms with Gasteiger partial charge in [0.05, 0.1) is 11.2 Å². The summed E-state index contributed by atoms with van der Waals surface area (Å²) >= 11 is 0. The van der Waals surface area contributed by atoms with Crippen LogP contribution in [-0.2, 0) is 4.79 Å². The van der Waals surface area contributed by atoms with Crippen molar-refractivity contribution in [3.05, 3.63) is 29.2 Å². The van der Waals surface area contributed by atoms with Crippen LogP contribution in [0.15, 0.2) is 12.4 Å². The number of carbonyl (C=O) groups is 2. The smallest absolute Gasteiger partial charge is 0.541 e. The monoisotopic (exact) mass is 256 g/mol. The molecule has 0 saturated carbocycles. The molecule has 2 rings (SSSR count). The average molecular weight is 256 g/mol. The number of aromatic nitrogens is 2. The van der Waals surface area contributed by atoms with E-state index < -0.39 is 11.8 Å². The number of Topliss-reactive ketones (excluding diaryl/α,β-unsaturated/α-hetero) is 1. The molecule has 5 nitrogen and oxygen atoms in total. The number of H-pyrrole nitrogens is 1. The Balaban J connectivity index is 0.00000144. The number of hydrogen-bond donors (Lipinski definition) is 1. The summed E-state index contributed by atoms with van der Waals surface area (Å²) in [4.78, 5) is 28.9. The third-order valence-corrected chi connectivity index (χ3v) is 2.52. The molecule has 0 saturated heterocycles. The van der Waals surface area contributed by atoms with Gasteiger partial charge in [0, 0.05) is 23.3 Å². The van der Waals surface area contributed by atoms with Crippen LogP contribution in [0, 0.1) is 13.8 Å². The van der Waals surface area contributed by atoms with Crippen molar-refractivity contribution in [3.63, 3.8) is 0 Å². The molecule has 0 bridgehead atoms. The quantitative estimate of drug-likeness (QED) is 0.355. The maximum atomic E-state index is 11.4. The second-order valence-corrected chi connectivity index (χ2v) is 3.60. The van der Waals surface area contributed by atoms with Gasteiger partial charge in [-0.1, -0.05) is 0 Å². The minimum atomic E-state index is -1.70. The van der Waals surface area contributed by atoms with Crippen molar-refractivity contribution >= 4 is 22.7 Å². The Morgan fingerprint density at radius 2 is 2.00 bits per heavy atom. The fraction of sp³-hybridized carbons (Fsp3) is 0.182. The van der Waals surface area contributed by atoms with E-state index in [2.05, 4.69) is 9.97 Å². The van der Waals surface area contributed by atoms with E-state index in [0.717, 1.165) is 11.3 Å². The molecule has 82 valence electrons. The third kappa shape index (κ3) is 2.50. The number of nitrogens with one attached hydrogen (secondary N) is 1. The Kier molecular flexibility index (Phi) is 4.62. The van der Waals surface area contributed by atoms with Crippen LogP contribution in [0.5, 0.6) is 0 Å². The zero-order valence-electron chi connectivity index (χ0n) is 9.83. The summed E-state index contributed by atoms with van der Waals surface area (Å²) in [5.41, 5.74) is 2.28. The summed E-state index contributed by atoms with van der Waals surface area (Å²) < 4.78 is 0. The number of hydrogen-bond acceptors (Lipinski definition) is 4. The van der Waals surface area contributed by atoms with Gasteiger partial charge < -0.3 is 14.9 Å². The number of fused-ring (bicyclic) bond motifs is 1. The second kappa shape index (κ2) is 5.41. The van der Waals surface area contributed by atoms with Gasteiger partial charge in [0.1, 0.15) is 5.97 Å². The Labute approximate surface area is 140 Å². The van der Waals surface area contributed by atoms with E-state index in [1.165, 1.54) is 6.20 Å². The number of pyridine rings is 1. The molecule has 1 N–H and O–H groups in total. The molecule has 6 heteroatoms. The Morgan fingerprint density at radius 3 is 2.59 bits per heavy atom. The minimum Gasteiger partial charge on any atom is -0.541 e. The molecule has 2 aromatic rings. The van der Waals surface area contributed by atoms with E-state index in [1.807, 2.05) is 0 Å². The van der Waals surface area contributed by atoms with Gasteiger partial charge in [-0.2, -0.15) is 0 Å². The van der Waals surface area contributed by atoms with E-state index in [-0.39, 0.29) is 56.9 Å². The molecule has 2 aromatic heterocycles. The molecule has 0 unspecified atom stereocenters. The summed E-state index contributed by atoms with van der Waals surface area (Å²) in [5.74, 6) is -2.71. The third-order valence-electron chi connectivity index (χ3n) is 2.52. The van der Waals surface area contributed by atoms with E-state index in [4.69, 9.17) is 0 Å². The molecule has 2 heterocycles. The number of rotatable bonds is 2. The average Bonchev–Trinajstić information content (AvgIpc) is 2.67. The number of carboxylic acids is 1. The van der Waals surface area contributed by atoms with E-state index in [0.29, 0.717) is 10.9 Å². The topological polar surface area (TPSA) is 85.9 Å². The molecule has 0 fully saturated rings. The predicted molar refractivity (Wildman–Crippen MR) is 54.9 cm³/mol. The molecule has 17 heavy (non-hydrogen) atoms. The fourth-order valence-corrected chi connectivity index (χ4v) is 1.73. The largest absolute Gasteiger partial charge is 1.00 e. The summed E-state index contributed by atoms with van der Waals surface area (Å²) in [6.07, 6.45) is 2.99. The first-order valence-corrected chi connectivity index (χ1v) is 4.71. The van der Waals surface area contributed by atoms with Gasteiger partial charge in [-0.15, -0.1) is 0 Å². The molecular weight excluding hydrogens is 247 g/mol. The van der Waals surface area contributed by atoms with Crippen molar-refractivity contribution in [3.8, 4) is 0 Å². The van der Waals surface area contributed by atoms with Crippen LogP contribution in [0.3, 0.4) is 0 Å². The molecule has 0 spiro atoms. The summed E-state index contributed by atoms with van der Waals surface area (Å²) in [6.45, 7) is 3.56. The molecular formula is C11H9KN2O3. The number of aliphatic carboxylic acids is 1. The van der Waals surface area contributed by atoms with Crippen molar-refractivity contribution in [2.45, 2.75) is 13.8 Å². The molecule has 0 aliphatic rings. The Bertz CT molecular complexity index is 604. The predicted octanol–water partition coefficient (Wildman–Crippen LogP) is -2.88. The maximum absolute atomic E-state index is 11.4. The minimum absolute atomic E-state index is 0. The Morgan fingerprint density at radius 1 is 1.35 bits per heavy atom. The molecule has 0 aromatic carbocycles. The standard InChI is InChI=1S/C11H10N2O3.K/c1-5-3-12-6(2)9-8(5)7(4-13-9)10(14)11(15)16;/h3-4,13H,1-2H3,(H,15,16);/q;+1/p-1. The summed E-state index contributed by atoms with van der Waals surface area (Å²) in [7, 11) is 0. The number of aromatic amines is 1. The van der Waals surface area contributed by atoms with E-state index in [9.17, 15) is 14.7 Å². The van der Waals surface area contributed by atoms with Crippen LogP contribution in [0.4, 0.5) is 0 Å². The number of carbonyl (C=O) groups excluding carboxylic acids is 2. The first kappa shape index (κ1) is 14.5. The zero-order valence-corrected chi connectivity index (χ0v) is 12.9. The van der Waals surface area contributed by atoms with E-state index in [1.54, 1.807) is 20.0 Å². The van der Waals surface area contributed by atoms with Crippen LogP contribution in [0.1, 0.15) is 21.6 Å². The van der Waals surface area contributed by atoms with Gasteiger partial charge in [0.25, 0.3) is 0 Å². The van der Waals surface area contributed by atoms with Crippen LogP contribution < -0.4 is 56.5 Å². The van der Waals surface area contributed by atoms with Crippen molar-refractivity contribution in [2.75, 3.05) is 0 Å². The summed E-state index contributed by atoms with van der Waals surface area (Å²) in [6, 6.07) is 0. The number of aryl methyl sites for hydroxylation is 2. The normalized spacial score (nSPS) is 10.0. The molecule has 0 aliphatic heterocycles. The van der Waals surface area contributed by atoms with Gasteiger partial charge in [-0.3, -0.25) is 9.78 Å². The van der Waals surface area contributed by atoms with Crippen LogP contribution in [0.2, 0.25) is 0 Å². The molecule has 0 atom stereocenters. The first-order valence-electron chi connectivity index (χ1n) is 4.71. The maximum Gasteiger partial charge on any atom is 1.00 e. The van der Waals surface area contributed by atoms with Crippen molar-refractivity contribution in [1.29, 1.82) is 0 Å². The SMILES string of the molecule is Cc1ncc(C)c2c(C(=O)C(=O)[O-])c[nH]c12.[K+]. The first-order chi connectivity index (χ1) is 7.52. The van der Waals surface area contributed by atoms with Crippen LogP contribution in [-0.4, -0.2) is 21.7 Å². The van der Waals surface area contributed by atoms with Gasteiger partial charge in [0.15, 0.2) is 0 Å². The number of nitrogens with zero attached hydrogens (tertiary/aromatic N) is 1. The van der Waals surface area contributed by atoms with Crippen LogP contribution in [0.25, 0.3) is 10.9 Å². The molecule has 0 radical (unpaired) electrons. The van der Waals surface area contributed by atoms with Gasteiger partial charge in [-0.25, -0.2) is 0 Å². The molecule has 0 aliphatic carbocycles. The van der Waals surface area contributed by atoms with Gasteiger partial charge in [-0.05, 0) is 19.4 Å². The number of ketones is 1. The van der Waals surface area contributed by atoms with Gasteiger partial charge in [0.2, 0.25) is 5.78 Å². The zero-order chi connectivity index (χ0) is 11.9. The van der Waals surface area contributed by atoms with E-state index >= 15 is 0 Å². The van der Waals surface area contributed by atoms with Gasteiger partial charge >= 0.3 is 51.4 Å². The van der Waals surface area contributed by atoms with Crippen molar-refractivity contribution < 1.29 is 66.1 Å². The van der Waals surface area contributed by atoms with Crippen molar-refractivity contribution in [1.82, 2.24) is 9.97 Å². The fourth-order valence-electron chi connectivity index (χ4n) is 1.73. The Hall–Kier alpha value is -0.534. The van der Waals surface area contributed by atoms with Crippen molar-refractivity contribution in [2.24, 2.45) is 0 Å². The second-order valence-electron chi connectivity index (χ2n) is 3.60. The summed E-state index contributed by atoms with van der Waals surface area (Å²) in [5, 5.41) is 11.1. The number of carboxylic acid groups (broad SMARTS) is 1. The molecule has 0 amide bonds. The van der Waals surface area contributed by atoms with Crippen LogP contribution >= 0.6 is 0 Å².